The molecule has 2 fully saturated rings. The van der Waals surface area contributed by atoms with Gasteiger partial charge in [0.2, 0.25) is 0 Å². The van der Waals surface area contributed by atoms with Crippen molar-refractivity contribution in [3.05, 3.63) is 14.9 Å². The quantitative estimate of drug-likeness (QED) is 0.886. The first-order chi connectivity index (χ1) is 8.33. The fraction of sp³-hybridized carbons (Fsp3) is 0.600. The molecule has 1 aliphatic heterocycles. The summed E-state index contributed by atoms with van der Waals surface area (Å²) in [5.74, 6) is 0.280. The summed E-state index contributed by atoms with van der Waals surface area (Å²) in [6.45, 7) is 0.403. The highest BCUT2D eigenvalue weighted by Gasteiger charge is 2.55. The molecule has 1 saturated carbocycles. The number of aliphatic hydroxyl groups is 1. The molecule has 0 bridgehead atoms. The van der Waals surface area contributed by atoms with Crippen LogP contribution in [-0.4, -0.2) is 36.5 Å². The van der Waals surface area contributed by atoms with Gasteiger partial charge in [-0.1, -0.05) is 11.6 Å². The monoisotopic (exact) mass is 371 g/mol. The van der Waals surface area contributed by atoms with Crippen LogP contribution in [0, 0.1) is 5.92 Å². The average Bonchev–Trinajstić information content (AvgIpc) is 3.02. The van der Waals surface area contributed by atoms with Crippen molar-refractivity contribution in [1.82, 2.24) is 4.31 Å². The molecule has 1 N–H and O–H groups in total. The molecule has 0 radical (unpaired) electrons. The highest BCUT2D eigenvalue weighted by atomic mass is 79.9. The first kappa shape index (κ1) is 13.3. The van der Waals surface area contributed by atoms with Crippen LogP contribution < -0.4 is 0 Å². The normalized spacial score (nSPS) is 23.9. The van der Waals surface area contributed by atoms with Crippen molar-refractivity contribution in [3.8, 4) is 0 Å². The maximum atomic E-state index is 12.3. The maximum Gasteiger partial charge on any atom is 0.252 e. The lowest BCUT2D eigenvalue weighted by Gasteiger charge is -2.45. The van der Waals surface area contributed by atoms with E-state index in [4.69, 9.17) is 11.6 Å². The van der Waals surface area contributed by atoms with Crippen LogP contribution in [0.1, 0.15) is 12.8 Å². The molecular weight excluding hydrogens is 362 g/mol. The molecular formula is C10H11BrClNO3S2. The van der Waals surface area contributed by atoms with E-state index < -0.39 is 15.6 Å². The number of thiophene rings is 1. The van der Waals surface area contributed by atoms with Gasteiger partial charge in [0, 0.05) is 13.1 Å². The van der Waals surface area contributed by atoms with Crippen LogP contribution >= 0.6 is 38.9 Å². The summed E-state index contributed by atoms with van der Waals surface area (Å²) < 4.78 is 26.7. The number of hydrogen-bond acceptors (Lipinski definition) is 4. The van der Waals surface area contributed by atoms with E-state index >= 15 is 0 Å². The molecule has 1 aliphatic carbocycles. The van der Waals surface area contributed by atoms with E-state index in [-0.39, 0.29) is 23.2 Å². The zero-order chi connectivity index (χ0) is 13.1. The van der Waals surface area contributed by atoms with E-state index in [1.807, 2.05) is 0 Å². The zero-order valence-electron chi connectivity index (χ0n) is 9.27. The van der Waals surface area contributed by atoms with Crippen LogP contribution in [0.2, 0.25) is 5.02 Å². The molecule has 8 heteroatoms. The molecule has 2 aliphatic rings. The first-order valence-corrected chi connectivity index (χ1v) is 8.93. The number of sulfonamides is 1. The van der Waals surface area contributed by atoms with Crippen molar-refractivity contribution in [3.63, 3.8) is 0 Å². The summed E-state index contributed by atoms with van der Waals surface area (Å²) in [5, 5.41) is 10.6. The van der Waals surface area contributed by atoms with Gasteiger partial charge < -0.3 is 5.11 Å². The predicted molar refractivity (Wildman–Crippen MR) is 73.5 cm³/mol. The largest absolute Gasteiger partial charge is 0.387 e. The van der Waals surface area contributed by atoms with Gasteiger partial charge in [-0.25, -0.2) is 8.42 Å². The Labute approximate surface area is 123 Å². The second-order valence-corrected chi connectivity index (χ2v) is 9.78. The minimum Gasteiger partial charge on any atom is -0.387 e. The topological polar surface area (TPSA) is 57.6 Å². The molecule has 2 heterocycles. The second kappa shape index (κ2) is 4.17. The first-order valence-electron chi connectivity index (χ1n) is 5.50. The Morgan fingerprint density at radius 1 is 1.50 bits per heavy atom. The summed E-state index contributed by atoms with van der Waals surface area (Å²) >= 11 is 10.2. The van der Waals surface area contributed by atoms with Crippen molar-refractivity contribution in [2.75, 3.05) is 13.1 Å². The number of β-amino-alcohol motifs (C(OH)–C–C–N with tert-alkyl or cyclic N) is 1. The van der Waals surface area contributed by atoms with E-state index in [0.717, 1.165) is 24.2 Å². The summed E-state index contributed by atoms with van der Waals surface area (Å²) in [7, 11) is -3.50. The van der Waals surface area contributed by atoms with Crippen LogP contribution in [0.25, 0.3) is 0 Å². The third-order valence-corrected chi connectivity index (χ3v) is 8.17. The summed E-state index contributed by atoms with van der Waals surface area (Å²) in [5.41, 5.74) is -0.800. The lowest BCUT2D eigenvalue weighted by atomic mass is 9.91. The lowest BCUT2D eigenvalue weighted by Crippen LogP contribution is -2.64. The molecule has 0 spiro atoms. The van der Waals surface area contributed by atoms with Crippen LogP contribution in [0.15, 0.2) is 14.1 Å². The summed E-state index contributed by atoms with van der Waals surface area (Å²) in [4.78, 5) is 0. The van der Waals surface area contributed by atoms with Crippen molar-refractivity contribution < 1.29 is 13.5 Å². The van der Waals surface area contributed by atoms with Gasteiger partial charge in [0.1, 0.15) is 4.21 Å². The van der Waals surface area contributed by atoms with Gasteiger partial charge in [-0.15, -0.1) is 11.3 Å². The highest BCUT2D eigenvalue weighted by molar-refractivity contribution is 9.11. The molecule has 1 aromatic heterocycles. The Morgan fingerprint density at radius 3 is 2.56 bits per heavy atom. The summed E-state index contributed by atoms with van der Waals surface area (Å²) in [6.07, 6.45) is 2.00. The van der Waals surface area contributed by atoms with Gasteiger partial charge in [0.15, 0.2) is 0 Å². The minimum atomic E-state index is -3.50. The smallest absolute Gasteiger partial charge is 0.252 e. The van der Waals surface area contributed by atoms with Crippen molar-refractivity contribution in [2.24, 2.45) is 5.92 Å². The predicted octanol–water partition coefficient (Wildman–Crippen LogP) is 2.31. The van der Waals surface area contributed by atoms with E-state index in [9.17, 15) is 13.5 Å². The highest BCUT2D eigenvalue weighted by Crippen LogP contribution is 2.46. The van der Waals surface area contributed by atoms with Crippen molar-refractivity contribution in [2.45, 2.75) is 22.7 Å². The maximum absolute atomic E-state index is 12.3. The van der Waals surface area contributed by atoms with Crippen LogP contribution in [0.4, 0.5) is 0 Å². The lowest BCUT2D eigenvalue weighted by molar-refractivity contribution is -0.0764. The van der Waals surface area contributed by atoms with Crippen LogP contribution in [0.3, 0.4) is 0 Å². The van der Waals surface area contributed by atoms with E-state index in [0.29, 0.717) is 8.81 Å². The third-order valence-electron chi connectivity index (χ3n) is 3.45. The standard InChI is InChI=1S/C10H11BrClNO3S2/c11-9-7(12)3-8(17-9)18(15,16)13-4-10(14,5-13)6-1-2-6/h3,6,14H,1-2,4-5H2. The Morgan fingerprint density at radius 2 is 2.11 bits per heavy atom. The molecule has 0 unspecified atom stereocenters. The van der Waals surface area contributed by atoms with Crippen LogP contribution in [0.5, 0.6) is 0 Å². The fourth-order valence-corrected chi connectivity index (χ4v) is 6.31. The van der Waals surface area contributed by atoms with Gasteiger partial charge in [-0.05, 0) is 40.8 Å². The van der Waals surface area contributed by atoms with E-state index in [1.54, 1.807) is 0 Å². The number of nitrogens with zero attached hydrogens (tertiary/aromatic N) is 1. The van der Waals surface area contributed by atoms with Gasteiger partial charge in [0.05, 0.1) is 14.4 Å². The Balaban J connectivity index is 1.80. The van der Waals surface area contributed by atoms with Gasteiger partial charge in [-0.3, -0.25) is 0 Å². The molecule has 0 aromatic carbocycles. The Bertz CT molecular complexity index is 571. The molecule has 0 atom stereocenters. The van der Waals surface area contributed by atoms with E-state index in [2.05, 4.69) is 15.9 Å². The Hall–Kier alpha value is 0.340. The van der Waals surface area contributed by atoms with Crippen LogP contribution in [-0.2, 0) is 10.0 Å². The molecule has 0 amide bonds. The van der Waals surface area contributed by atoms with Gasteiger partial charge in [-0.2, -0.15) is 4.31 Å². The zero-order valence-corrected chi connectivity index (χ0v) is 13.2. The van der Waals surface area contributed by atoms with Gasteiger partial charge in [0.25, 0.3) is 10.0 Å². The van der Waals surface area contributed by atoms with E-state index in [1.165, 1.54) is 10.4 Å². The molecule has 1 saturated heterocycles. The minimum absolute atomic E-state index is 0.202. The molecule has 3 rings (SSSR count). The number of hydrogen-bond donors (Lipinski definition) is 1. The molecule has 18 heavy (non-hydrogen) atoms. The van der Waals surface area contributed by atoms with Crippen molar-refractivity contribution >= 4 is 48.9 Å². The fourth-order valence-electron chi connectivity index (χ4n) is 2.19. The number of rotatable bonds is 3. The number of halogens is 2. The molecule has 1 aromatic rings. The van der Waals surface area contributed by atoms with Crippen molar-refractivity contribution in [1.29, 1.82) is 0 Å². The molecule has 100 valence electrons. The molecule has 4 nitrogen and oxygen atoms in total. The SMILES string of the molecule is O=S(=O)(c1cc(Cl)c(Br)s1)N1CC(O)(C2CC2)C1. The Kier molecular flexibility index (Phi) is 3.08. The average molecular weight is 373 g/mol. The van der Waals surface area contributed by atoms with Gasteiger partial charge >= 0.3 is 0 Å². The second-order valence-electron chi connectivity index (χ2n) is 4.84. The third kappa shape index (κ3) is 2.05. The summed E-state index contributed by atoms with van der Waals surface area (Å²) in [6, 6.07) is 1.44.